The van der Waals surface area contributed by atoms with Gasteiger partial charge < -0.3 is 10.4 Å². The summed E-state index contributed by atoms with van der Waals surface area (Å²) in [6.45, 7) is 3.97. The van der Waals surface area contributed by atoms with Crippen molar-refractivity contribution in [3.05, 3.63) is 44.3 Å². The van der Waals surface area contributed by atoms with Crippen LogP contribution in [0.3, 0.4) is 0 Å². The largest absolute Gasteiger partial charge is 0.383 e. The normalized spacial score (nSPS) is 14.1. The standard InChI is InChI=1S/C14H17NO2S2/c1-10-5-6-11(19-10)8-13(16)15-9-14(2,17)12-4-3-7-18-12/h3-7,17H,8-9H2,1-2H3,(H,15,16). The maximum Gasteiger partial charge on any atom is 0.225 e. The van der Waals surface area contributed by atoms with Crippen molar-refractivity contribution in [1.29, 1.82) is 0 Å². The summed E-state index contributed by atoms with van der Waals surface area (Å²) in [5.74, 6) is -0.0568. The second kappa shape index (κ2) is 5.86. The van der Waals surface area contributed by atoms with Gasteiger partial charge in [0, 0.05) is 14.6 Å². The van der Waals surface area contributed by atoms with Crippen molar-refractivity contribution in [2.45, 2.75) is 25.9 Å². The van der Waals surface area contributed by atoms with E-state index < -0.39 is 5.60 Å². The third kappa shape index (κ3) is 3.89. The Bertz CT molecular complexity index is 544. The van der Waals surface area contributed by atoms with Crippen LogP contribution in [0.1, 0.15) is 21.6 Å². The van der Waals surface area contributed by atoms with Crippen LogP contribution < -0.4 is 5.32 Å². The molecule has 0 aliphatic rings. The van der Waals surface area contributed by atoms with Crippen LogP contribution in [0.4, 0.5) is 0 Å². The summed E-state index contributed by atoms with van der Waals surface area (Å²) in [6.07, 6.45) is 0.374. The molecule has 0 radical (unpaired) electrons. The van der Waals surface area contributed by atoms with Crippen LogP contribution in [0.15, 0.2) is 29.6 Å². The first-order valence-corrected chi connectivity index (χ1v) is 7.75. The fourth-order valence-electron chi connectivity index (χ4n) is 1.74. The lowest BCUT2D eigenvalue weighted by atomic mass is 10.1. The molecule has 19 heavy (non-hydrogen) atoms. The van der Waals surface area contributed by atoms with Crippen LogP contribution >= 0.6 is 22.7 Å². The zero-order valence-corrected chi connectivity index (χ0v) is 12.6. The number of carbonyl (C=O) groups is 1. The SMILES string of the molecule is Cc1ccc(CC(=O)NCC(C)(O)c2cccs2)s1. The molecule has 0 bridgehead atoms. The summed E-state index contributed by atoms with van der Waals surface area (Å²) >= 11 is 3.12. The Morgan fingerprint density at radius 2 is 2.21 bits per heavy atom. The smallest absolute Gasteiger partial charge is 0.225 e. The van der Waals surface area contributed by atoms with Gasteiger partial charge >= 0.3 is 0 Å². The number of aliphatic hydroxyl groups is 1. The average Bonchev–Trinajstić information content (AvgIpc) is 2.98. The number of carbonyl (C=O) groups excluding carboxylic acids is 1. The first-order valence-electron chi connectivity index (χ1n) is 6.06. The van der Waals surface area contributed by atoms with E-state index in [1.165, 1.54) is 16.2 Å². The summed E-state index contributed by atoms with van der Waals surface area (Å²) < 4.78 is 0. The number of amides is 1. The van der Waals surface area contributed by atoms with Gasteiger partial charge in [-0.15, -0.1) is 22.7 Å². The van der Waals surface area contributed by atoms with Crippen molar-refractivity contribution in [1.82, 2.24) is 5.32 Å². The molecule has 102 valence electrons. The molecule has 3 nitrogen and oxygen atoms in total. The van der Waals surface area contributed by atoms with Gasteiger partial charge in [-0.2, -0.15) is 0 Å². The highest BCUT2D eigenvalue weighted by atomic mass is 32.1. The maximum atomic E-state index is 11.8. The molecule has 1 amide bonds. The van der Waals surface area contributed by atoms with Crippen LogP contribution in [0.5, 0.6) is 0 Å². The molecular weight excluding hydrogens is 278 g/mol. The van der Waals surface area contributed by atoms with Crippen molar-refractivity contribution in [2.24, 2.45) is 0 Å². The molecule has 2 aromatic rings. The molecule has 0 aromatic carbocycles. The predicted octanol–water partition coefficient (Wildman–Crippen LogP) is 2.68. The molecule has 0 spiro atoms. The van der Waals surface area contributed by atoms with Crippen LogP contribution in [-0.2, 0) is 16.8 Å². The molecule has 1 atom stereocenters. The van der Waals surface area contributed by atoms with E-state index in [-0.39, 0.29) is 12.5 Å². The lowest BCUT2D eigenvalue weighted by Gasteiger charge is -2.22. The number of hydrogen-bond acceptors (Lipinski definition) is 4. The van der Waals surface area contributed by atoms with Crippen LogP contribution in [0.25, 0.3) is 0 Å². The molecule has 0 fully saturated rings. The Hall–Kier alpha value is -1.17. The molecular formula is C14H17NO2S2. The molecule has 2 aromatic heterocycles. The van der Waals surface area contributed by atoms with Crippen molar-refractivity contribution in [3.63, 3.8) is 0 Å². The first-order chi connectivity index (χ1) is 8.97. The molecule has 0 saturated heterocycles. The van der Waals surface area contributed by atoms with Crippen molar-refractivity contribution < 1.29 is 9.90 Å². The fraction of sp³-hybridized carbons (Fsp3) is 0.357. The molecule has 2 heterocycles. The minimum atomic E-state index is -1.00. The summed E-state index contributed by atoms with van der Waals surface area (Å²) in [6, 6.07) is 7.75. The second-order valence-corrected chi connectivity index (χ2v) is 7.04. The molecule has 5 heteroatoms. The zero-order valence-electron chi connectivity index (χ0n) is 11.0. The lowest BCUT2D eigenvalue weighted by molar-refractivity contribution is -0.121. The second-order valence-electron chi connectivity index (χ2n) is 4.72. The number of nitrogens with one attached hydrogen (secondary N) is 1. The maximum absolute atomic E-state index is 11.8. The molecule has 0 aliphatic heterocycles. The van der Waals surface area contributed by atoms with E-state index in [9.17, 15) is 9.90 Å². The monoisotopic (exact) mass is 295 g/mol. The molecule has 0 saturated carbocycles. The molecule has 2 rings (SSSR count). The summed E-state index contributed by atoms with van der Waals surface area (Å²) in [7, 11) is 0. The van der Waals surface area contributed by atoms with Gasteiger partial charge in [0.15, 0.2) is 0 Å². The van der Waals surface area contributed by atoms with Crippen molar-refractivity contribution >= 4 is 28.6 Å². The van der Waals surface area contributed by atoms with Gasteiger partial charge in [0.2, 0.25) is 5.91 Å². The van der Waals surface area contributed by atoms with Crippen molar-refractivity contribution in [3.8, 4) is 0 Å². The summed E-state index contributed by atoms with van der Waals surface area (Å²) in [4.78, 5) is 14.9. The van der Waals surface area contributed by atoms with Gasteiger partial charge in [0.25, 0.3) is 0 Å². The highest BCUT2D eigenvalue weighted by Gasteiger charge is 2.24. The van der Waals surface area contributed by atoms with E-state index in [2.05, 4.69) is 5.32 Å². The van der Waals surface area contributed by atoms with Crippen LogP contribution in [0.2, 0.25) is 0 Å². The number of aryl methyl sites for hydroxylation is 1. The number of thiophene rings is 2. The highest BCUT2D eigenvalue weighted by Crippen LogP contribution is 2.24. The van der Waals surface area contributed by atoms with Crippen LogP contribution in [0, 0.1) is 6.92 Å². The summed E-state index contributed by atoms with van der Waals surface area (Å²) in [5.41, 5.74) is -1.00. The third-order valence-corrected chi connectivity index (χ3v) is 4.94. The summed E-state index contributed by atoms with van der Waals surface area (Å²) in [5, 5.41) is 15.0. The number of rotatable bonds is 5. The third-order valence-electron chi connectivity index (χ3n) is 2.81. The Balaban J connectivity index is 1.87. The van der Waals surface area contributed by atoms with E-state index in [0.29, 0.717) is 6.42 Å². The topological polar surface area (TPSA) is 49.3 Å². The first kappa shape index (κ1) is 14.2. The molecule has 2 N–H and O–H groups in total. The Morgan fingerprint density at radius 3 is 2.79 bits per heavy atom. The van der Waals surface area contributed by atoms with E-state index in [0.717, 1.165) is 9.75 Å². The zero-order chi connectivity index (χ0) is 13.9. The van der Waals surface area contributed by atoms with Gasteiger partial charge in [-0.25, -0.2) is 0 Å². The minimum absolute atomic E-state index is 0.0568. The van der Waals surface area contributed by atoms with Gasteiger partial charge in [0.05, 0.1) is 13.0 Å². The van der Waals surface area contributed by atoms with Crippen LogP contribution in [-0.4, -0.2) is 17.6 Å². The molecule has 1 unspecified atom stereocenters. The van der Waals surface area contributed by atoms with E-state index in [1.807, 2.05) is 36.6 Å². The quantitative estimate of drug-likeness (QED) is 0.891. The van der Waals surface area contributed by atoms with E-state index in [4.69, 9.17) is 0 Å². The molecule has 0 aliphatic carbocycles. The minimum Gasteiger partial charge on any atom is -0.383 e. The van der Waals surface area contributed by atoms with E-state index in [1.54, 1.807) is 18.3 Å². The van der Waals surface area contributed by atoms with Crippen molar-refractivity contribution in [2.75, 3.05) is 6.54 Å². The van der Waals surface area contributed by atoms with Gasteiger partial charge in [-0.3, -0.25) is 4.79 Å². The number of hydrogen-bond donors (Lipinski definition) is 2. The Morgan fingerprint density at radius 1 is 1.42 bits per heavy atom. The Labute approximate surface area is 120 Å². The van der Waals surface area contributed by atoms with Gasteiger partial charge in [-0.1, -0.05) is 6.07 Å². The van der Waals surface area contributed by atoms with E-state index >= 15 is 0 Å². The fourth-order valence-corrected chi connectivity index (χ4v) is 3.42. The Kier molecular flexibility index (Phi) is 4.39. The highest BCUT2D eigenvalue weighted by molar-refractivity contribution is 7.12. The van der Waals surface area contributed by atoms with Gasteiger partial charge in [0.1, 0.15) is 5.60 Å². The predicted molar refractivity (Wildman–Crippen MR) is 79.7 cm³/mol. The average molecular weight is 295 g/mol. The lowest BCUT2D eigenvalue weighted by Crippen LogP contribution is -2.38. The van der Waals surface area contributed by atoms with Gasteiger partial charge in [-0.05, 0) is 37.4 Å².